The Bertz CT molecular complexity index is 409. The standard InChI is InChI=1S/C11H14N2O2S/c1-15-7-3-4-8-9(5-7)12-10(6-16-2)11(14)13-8/h3-5,10,12H,6H2,1-2H3,(H,13,14)/t10-/m1/s1. The van der Waals surface area contributed by atoms with Gasteiger partial charge in [0, 0.05) is 11.8 Å². The molecule has 2 N–H and O–H groups in total. The molecule has 0 fully saturated rings. The van der Waals surface area contributed by atoms with Crippen LogP contribution in [0.5, 0.6) is 5.75 Å². The molecule has 16 heavy (non-hydrogen) atoms. The Morgan fingerprint density at radius 2 is 2.25 bits per heavy atom. The second-order valence-corrected chi connectivity index (χ2v) is 4.46. The quantitative estimate of drug-likeness (QED) is 0.843. The van der Waals surface area contributed by atoms with E-state index in [0.29, 0.717) is 0 Å². The fraction of sp³-hybridized carbons (Fsp3) is 0.364. The van der Waals surface area contributed by atoms with E-state index in [1.807, 2.05) is 24.5 Å². The Morgan fingerprint density at radius 1 is 1.44 bits per heavy atom. The van der Waals surface area contributed by atoms with Crippen LogP contribution in [-0.4, -0.2) is 31.1 Å². The molecule has 0 spiro atoms. The lowest BCUT2D eigenvalue weighted by atomic mass is 10.1. The fourth-order valence-corrected chi connectivity index (χ4v) is 2.20. The summed E-state index contributed by atoms with van der Waals surface area (Å²) in [7, 11) is 1.63. The van der Waals surface area contributed by atoms with E-state index < -0.39 is 0 Å². The molecule has 1 heterocycles. The van der Waals surface area contributed by atoms with Crippen molar-refractivity contribution in [2.24, 2.45) is 0 Å². The van der Waals surface area contributed by atoms with Gasteiger partial charge in [-0.3, -0.25) is 4.79 Å². The minimum absolute atomic E-state index is 0.0204. The lowest BCUT2D eigenvalue weighted by molar-refractivity contribution is -0.116. The third-order valence-electron chi connectivity index (χ3n) is 2.46. The fourth-order valence-electron chi connectivity index (χ4n) is 1.64. The SMILES string of the molecule is COc1ccc2c(c1)N[C@H](CSC)C(=O)N2. The lowest BCUT2D eigenvalue weighted by Gasteiger charge is -2.26. The largest absolute Gasteiger partial charge is 0.497 e. The Balaban J connectivity index is 2.25. The molecule has 2 rings (SSSR count). The molecular formula is C11H14N2O2S. The number of fused-ring (bicyclic) bond motifs is 1. The number of methoxy groups -OCH3 is 1. The number of rotatable bonds is 3. The van der Waals surface area contributed by atoms with Crippen molar-refractivity contribution in [2.75, 3.05) is 29.8 Å². The first-order valence-corrected chi connectivity index (χ1v) is 6.38. The van der Waals surface area contributed by atoms with Crippen molar-refractivity contribution < 1.29 is 9.53 Å². The summed E-state index contributed by atoms with van der Waals surface area (Å²) in [6.07, 6.45) is 1.98. The van der Waals surface area contributed by atoms with Crippen LogP contribution in [0.15, 0.2) is 18.2 Å². The molecule has 1 atom stereocenters. The number of amides is 1. The van der Waals surface area contributed by atoms with Gasteiger partial charge in [-0.1, -0.05) is 0 Å². The van der Waals surface area contributed by atoms with Gasteiger partial charge >= 0.3 is 0 Å². The average molecular weight is 238 g/mol. The highest BCUT2D eigenvalue weighted by molar-refractivity contribution is 7.98. The van der Waals surface area contributed by atoms with E-state index in [2.05, 4.69) is 10.6 Å². The molecule has 1 aromatic carbocycles. The summed E-state index contributed by atoms with van der Waals surface area (Å²) in [6.45, 7) is 0. The number of benzene rings is 1. The zero-order valence-corrected chi connectivity index (χ0v) is 10.1. The predicted octanol–water partition coefficient (Wildman–Crippen LogP) is 1.79. The number of anilines is 2. The molecule has 5 heteroatoms. The summed E-state index contributed by atoms with van der Waals surface area (Å²) in [5.41, 5.74) is 1.72. The van der Waals surface area contributed by atoms with E-state index in [0.717, 1.165) is 22.9 Å². The van der Waals surface area contributed by atoms with Crippen molar-refractivity contribution >= 4 is 29.0 Å². The van der Waals surface area contributed by atoms with E-state index in [4.69, 9.17) is 4.74 Å². The first kappa shape index (κ1) is 11.1. The van der Waals surface area contributed by atoms with Gasteiger partial charge < -0.3 is 15.4 Å². The van der Waals surface area contributed by atoms with Crippen molar-refractivity contribution in [3.63, 3.8) is 0 Å². The highest BCUT2D eigenvalue weighted by atomic mass is 32.2. The Hall–Kier alpha value is -1.36. The monoisotopic (exact) mass is 238 g/mol. The molecule has 0 bridgehead atoms. The molecule has 1 aromatic rings. The van der Waals surface area contributed by atoms with Gasteiger partial charge in [0.25, 0.3) is 0 Å². The van der Waals surface area contributed by atoms with Crippen LogP contribution in [0.25, 0.3) is 0 Å². The zero-order valence-electron chi connectivity index (χ0n) is 9.24. The summed E-state index contributed by atoms with van der Waals surface area (Å²) < 4.78 is 5.14. The van der Waals surface area contributed by atoms with Crippen molar-refractivity contribution in [3.8, 4) is 5.75 Å². The number of carbonyl (C=O) groups is 1. The predicted molar refractivity (Wildman–Crippen MR) is 67.4 cm³/mol. The Morgan fingerprint density at radius 3 is 2.94 bits per heavy atom. The number of carbonyl (C=O) groups excluding carboxylic acids is 1. The number of hydrogen-bond donors (Lipinski definition) is 2. The summed E-state index contributed by atoms with van der Waals surface area (Å²) in [6, 6.07) is 5.39. The summed E-state index contributed by atoms with van der Waals surface area (Å²) in [5, 5.41) is 6.09. The minimum atomic E-state index is -0.172. The molecular weight excluding hydrogens is 224 g/mol. The van der Waals surface area contributed by atoms with Gasteiger partial charge in [-0.2, -0.15) is 11.8 Å². The highest BCUT2D eigenvalue weighted by Gasteiger charge is 2.24. The second kappa shape index (κ2) is 4.65. The van der Waals surface area contributed by atoms with Gasteiger partial charge in [-0.15, -0.1) is 0 Å². The Labute approximate surface area is 98.7 Å². The third-order valence-corrected chi connectivity index (χ3v) is 3.13. The van der Waals surface area contributed by atoms with Crippen LogP contribution < -0.4 is 15.4 Å². The summed E-state index contributed by atoms with van der Waals surface area (Å²) in [5.74, 6) is 1.56. The molecule has 1 amide bonds. The number of hydrogen-bond acceptors (Lipinski definition) is 4. The first-order chi connectivity index (χ1) is 7.74. The van der Waals surface area contributed by atoms with Crippen molar-refractivity contribution in [1.29, 1.82) is 0 Å². The molecule has 0 aromatic heterocycles. The Kier molecular flexibility index (Phi) is 3.24. The summed E-state index contributed by atoms with van der Waals surface area (Å²) >= 11 is 1.64. The van der Waals surface area contributed by atoms with Gasteiger partial charge in [0.15, 0.2) is 0 Å². The molecule has 0 radical (unpaired) electrons. The molecule has 1 aliphatic heterocycles. The molecule has 0 saturated heterocycles. The highest BCUT2D eigenvalue weighted by Crippen LogP contribution is 2.30. The second-order valence-electron chi connectivity index (χ2n) is 3.55. The molecule has 0 saturated carbocycles. The van der Waals surface area contributed by atoms with Crippen LogP contribution in [-0.2, 0) is 4.79 Å². The molecule has 1 aliphatic rings. The van der Waals surface area contributed by atoms with Crippen molar-refractivity contribution in [1.82, 2.24) is 0 Å². The van der Waals surface area contributed by atoms with Crippen molar-refractivity contribution in [2.45, 2.75) is 6.04 Å². The average Bonchev–Trinajstić information content (AvgIpc) is 2.30. The van der Waals surface area contributed by atoms with Crippen LogP contribution in [0.2, 0.25) is 0 Å². The zero-order chi connectivity index (χ0) is 11.5. The summed E-state index contributed by atoms with van der Waals surface area (Å²) in [4.78, 5) is 11.7. The van der Waals surface area contributed by atoms with E-state index in [9.17, 15) is 4.79 Å². The lowest BCUT2D eigenvalue weighted by Crippen LogP contribution is -2.40. The first-order valence-electron chi connectivity index (χ1n) is 4.99. The van der Waals surface area contributed by atoms with Gasteiger partial charge in [0.2, 0.25) is 5.91 Å². The molecule has 0 aliphatic carbocycles. The van der Waals surface area contributed by atoms with E-state index in [1.165, 1.54) is 0 Å². The van der Waals surface area contributed by atoms with Gasteiger partial charge in [0.1, 0.15) is 11.8 Å². The third kappa shape index (κ3) is 2.09. The van der Waals surface area contributed by atoms with Gasteiger partial charge in [-0.05, 0) is 18.4 Å². The smallest absolute Gasteiger partial charge is 0.247 e. The normalized spacial score (nSPS) is 18.4. The maximum Gasteiger partial charge on any atom is 0.247 e. The maximum atomic E-state index is 11.7. The van der Waals surface area contributed by atoms with E-state index in [-0.39, 0.29) is 11.9 Å². The van der Waals surface area contributed by atoms with Gasteiger partial charge in [0.05, 0.1) is 18.5 Å². The van der Waals surface area contributed by atoms with Crippen LogP contribution >= 0.6 is 11.8 Å². The topological polar surface area (TPSA) is 50.4 Å². The number of ether oxygens (including phenoxy) is 1. The van der Waals surface area contributed by atoms with E-state index in [1.54, 1.807) is 18.9 Å². The van der Waals surface area contributed by atoms with Crippen LogP contribution in [0, 0.1) is 0 Å². The molecule has 4 nitrogen and oxygen atoms in total. The molecule has 0 unspecified atom stereocenters. The maximum absolute atomic E-state index is 11.7. The van der Waals surface area contributed by atoms with Crippen molar-refractivity contribution in [3.05, 3.63) is 18.2 Å². The van der Waals surface area contributed by atoms with Crippen LogP contribution in [0.4, 0.5) is 11.4 Å². The van der Waals surface area contributed by atoms with Crippen LogP contribution in [0.1, 0.15) is 0 Å². The minimum Gasteiger partial charge on any atom is -0.497 e. The number of thioether (sulfide) groups is 1. The number of nitrogens with one attached hydrogen (secondary N) is 2. The van der Waals surface area contributed by atoms with E-state index >= 15 is 0 Å². The van der Waals surface area contributed by atoms with Gasteiger partial charge in [-0.25, -0.2) is 0 Å². The molecule has 86 valence electrons. The van der Waals surface area contributed by atoms with Crippen LogP contribution in [0.3, 0.4) is 0 Å².